The maximum Gasteiger partial charge on any atom is 0.340 e. The van der Waals surface area contributed by atoms with Crippen molar-refractivity contribution in [2.75, 3.05) is 32.1 Å². The highest BCUT2D eigenvalue weighted by atomic mass is 19.2. The smallest absolute Gasteiger partial charge is 0.340 e. The summed E-state index contributed by atoms with van der Waals surface area (Å²) in [6.07, 6.45) is 2.15. The first kappa shape index (κ1) is 14.7. The average Bonchev–Trinajstić information content (AvgIpc) is 2.49. The SMILES string of the molecule is COC(=O)c1ccc(NCC2CCCNC2)c(F)c1F. The lowest BCUT2D eigenvalue weighted by Gasteiger charge is -2.23. The molecule has 0 aliphatic carbocycles. The van der Waals surface area contributed by atoms with E-state index in [1.54, 1.807) is 0 Å². The molecule has 0 radical (unpaired) electrons. The van der Waals surface area contributed by atoms with Crippen LogP contribution in [0, 0.1) is 17.6 Å². The van der Waals surface area contributed by atoms with Crippen LogP contribution in [0.25, 0.3) is 0 Å². The standard InChI is InChI=1S/C14H18F2N2O2/c1-20-14(19)10-4-5-11(13(16)12(10)15)18-8-9-3-2-6-17-7-9/h4-5,9,17-18H,2-3,6-8H2,1H3. The highest BCUT2D eigenvalue weighted by Gasteiger charge is 2.20. The Balaban J connectivity index is 2.05. The van der Waals surface area contributed by atoms with E-state index in [1.807, 2.05) is 0 Å². The van der Waals surface area contributed by atoms with Crippen LogP contribution in [0.3, 0.4) is 0 Å². The molecule has 20 heavy (non-hydrogen) atoms. The topological polar surface area (TPSA) is 50.4 Å². The quantitative estimate of drug-likeness (QED) is 0.832. The fraction of sp³-hybridized carbons (Fsp3) is 0.500. The summed E-state index contributed by atoms with van der Waals surface area (Å²) in [6.45, 7) is 2.45. The number of hydrogen-bond donors (Lipinski definition) is 2. The van der Waals surface area contributed by atoms with Crippen LogP contribution in [0.2, 0.25) is 0 Å². The molecule has 1 fully saturated rings. The number of ether oxygens (including phenoxy) is 1. The number of carbonyl (C=O) groups excluding carboxylic acids is 1. The molecule has 1 aliphatic heterocycles. The van der Waals surface area contributed by atoms with Crippen molar-refractivity contribution in [3.05, 3.63) is 29.3 Å². The minimum absolute atomic E-state index is 0.0701. The van der Waals surface area contributed by atoms with Crippen molar-refractivity contribution >= 4 is 11.7 Å². The van der Waals surface area contributed by atoms with Crippen LogP contribution in [-0.2, 0) is 4.74 Å². The van der Waals surface area contributed by atoms with Gasteiger partial charge < -0.3 is 15.4 Å². The van der Waals surface area contributed by atoms with E-state index < -0.39 is 23.2 Å². The van der Waals surface area contributed by atoms with Crippen molar-refractivity contribution in [2.45, 2.75) is 12.8 Å². The maximum atomic E-state index is 13.9. The Bertz CT molecular complexity index is 488. The number of carbonyl (C=O) groups is 1. The van der Waals surface area contributed by atoms with Gasteiger partial charge in [0.15, 0.2) is 11.6 Å². The molecule has 4 nitrogen and oxygen atoms in total. The molecule has 0 saturated carbocycles. The molecule has 110 valence electrons. The normalized spacial score (nSPS) is 18.6. The zero-order valence-corrected chi connectivity index (χ0v) is 11.3. The first-order valence-corrected chi connectivity index (χ1v) is 6.64. The molecule has 1 unspecified atom stereocenters. The molecule has 6 heteroatoms. The third-order valence-corrected chi connectivity index (χ3v) is 3.47. The largest absolute Gasteiger partial charge is 0.465 e. The molecule has 0 aromatic heterocycles. The number of esters is 1. The summed E-state index contributed by atoms with van der Waals surface area (Å²) in [7, 11) is 1.13. The van der Waals surface area contributed by atoms with Gasteiger partial charge in [-0.15, -0.1) is 0 Å². The average molecular weight is 284 g/mol. The van der Waals surface area contributed by atoms with Crippen molar-refractivity contribution in [3.8, 4) is 0 Å². The molecule has 0 spiro atoms. The molecule has 0 bridgehead atoms. The van der Waals surface area contributed by atoms with Gasteiger partial charge in [-0.2, -0.15) is 0 Å². The van der Waals surface area contributed by atoms with E-state index in [-0.39, 0.29) is 5.69 Å². The highest BCUT2D eigenvalue weighted by molar-refractivity contribution is 5.90. The first-order valence-electron chi connectivity index (χ1n) is 6.64. The number of rotatable bonds is 4. The summed E-state index contributed by atoms with van der Waals surface area (Å²) < 4.78 is 32.0. The molecule has 1 heterocycles. The van der Waals surface area contributed by atoms with Gasteiger partial charge in [-0.1, -0.05) is 0 Å². The lowest BCUT2D eigenvalue weighted by atomic mass is 9.99. The molecule has 1 aromatic rings. The van der Waals surface area contributed by atoms with Crippen LogP contribution in [-0.4, -0.2) is 32.7 Å². The fourth-order valence-electron chi connectivity index (χ4n) is 2.31. The minimum Gasteiger partial charge on any atom is -0.465 e. The van der Waals surface area contributed by atoms with Crippen molar-refractivity contribution in [3.63, 3.8) is 0 Å². The lowest BCUT2D eigenvalue weighted by Crippen LogP contribution is -2.33. The Hall–Kier alpha value is -1.69. The Morgan fingerprint density at radius 1 is 1.45 bits per heavy atom. The third-order valence-electron chi connectivity index (χ3n) is 3.47. The number of nitrogens with one attached hydrogen (secondary N) is 2. The molecular weight excluding hydrogens is 266 g/mol. The van der Waals surface area contributed by atoms with E-state index in [2.05, 4.69) is 15.4 Å². The van der Waals surface area contributed by atoms with Crippen LogP contribution in [0.4, 0.5) is 14.5 Å². The fourth-order valence-corrected chi connectivity index (χ4v) is 2.31. The van der Waals surface area contributed by atoms with Crippen molar-refractivity contribution < 1.29 is 18.3 Å². The summed E-state index contributed by atoms with van der Waals surface area (Å²) in [5.74, 6) is -2.71. The molecular formula is C14H18F2N2O2. The van der Waals surface area contributed by atoms with Gasteiger partial charge in [0.05, 0.1) is 18.4 Å². The van der Waals surface area contributed by atoms with Crippen LogP contribution in [0.15, 0.2) is 12.1 Å². The Labute approximate surface area is 116 Å². The van der Waals surface area contributed by atoms with Crippen molar-refractivity contribution in [1.82, 2.24) is 5.32 Å². The van der Waals surface area contributed by atoms with Gasteiger partial charge in [-0.25, -0.2) is 13.6 Å². The van der Waals surface area contributed by atoms with Crippen molar-refractivity contribution in [2.24, 2.45) is 5.92 Å². The first-order chi connectivity index (χ1) is 9.63. The number of hydrogen-bond acceptors (Lipinski definition) is 4. The van der Waals surface area contributed by atoms with Gasteiger partial charge in [0.1, 0.15) is 0 Å². The molecule has 1 aromatic carbocycles. The molecule has 0 amide bonds. The van der Waals surface area contributed by atoms with E-state index in [1.165, 1.54) is 12.1 Å². The van der Waals surface area contributed by atoms with Gasteiger partial charge in [0.25, 0.3) is 0 Å². The number of halogens is 2. The maximum absolute atomic E-state index is 13.9. The summed E-state index contributed by atoms with van der Waals surface area (Å²) in [6, 6.07) is 2.59. The summed E-state index contributed by atoms with van der Waals surface area (Å²) >= 11 is 0. The van der Waals surface area contributed by atoms with E-state index in [9.17, 15) is 13.6 Å². The van der Waals surface area contributed by atoms with Gasteiger partial charge >= 0.3 is 5.97 Å². The van der Waals surface area contributed by atoms with Crippen LogP contribution >= 0.6 is 0 Å². The molecule has 2 rings (SSSR count). The lowest BCUT2D eigenvalue weighted by molar-refractivity contribution is 0.0594. The van der Waals surface area contributed by atoms with Crippen LogP contribution in [0.1, 0.15) is 23.2 Å². The minimum atomic E-state index is -1.18. The highest BCUT2D eigenvalue weighted by Crippen LogP contribution is 2.22. The number of methoxy groups -OCH3 is 1. The number of benzene rings is 1. The Kier molecular flexibility index (Phi) is 4.89. The Morgan fingerprint density at radius 3 is 2.90 bits per heavy atom. The van der Waals surface area contributed by atoms with E-state index >= 15 is 0 Å². The van der Waals surface area contributed by atoms with Gasteiger partial charge in [-0.05, 0) is 44.0 Å². The number of piperidine rings is 1. The molecule has 2 N–H and O–H groups in total. The van der Waals surface area contributed by atoms with Crippen LogP contribution < -0.4 is 10.6 Å². The van der Waals surface area contributed by atoms with E-state index in [0.29, 0.717) is 12.5 Å². The zero-order chi connectivity index (χ0) is 14.5. The van der Waals surface area contributed by atoms with Gasteiger partial charge in [0.2, 0.25) is 0 Å². The monoisotopic (exact) mass is 284 g/mol. The summed E-state index contributed by atoms with van der Waals surface area (Å²) in [4.78, 5) is 11.2. The number of anilines is 1. The second-order valence-corrected chi connectivity index (χ2v) is 4.87. The third kappa shape index (κ3) is 3.25. The van der Waals surface area contributed by atoms with E-state index in [4.69, 9.17) is 0 Å². The zero-order valence-electron chi connectivity index (χ0n) is 11.3. The predicted octanol–water partition coefficient (Wildman–Crippen LogP) is 2.16. The summed E-state index contributed by atoms with van der Waals surface area (Å²) in [5, 5.41) is 6.16. The Morgan fingerprint density at radius 2 is 2.25 bits per heavy atom. The second kappa shape index (κ2) is 6.65. The van der Waals surface area contributed by atoms with Gasteiger partial charge in [0, 0.05) is 6.54 Å². The second-order valence-electron chi connectivity index (χ2n) is 4.87. The molecule has 1 saturated heterocycles. The predicted molar refractivity (Wildman–Crippen MR) is 71.8 cm³/mol. The summed E-state index contributed by atoms with van der Waals surface area (Å²) in [5.41, 5.74) is -0.324. The van der Waals surface area contributed by atoms with Crippen LogP contribution in [0.5, 0.6) is 0 Å². The van der Waals surface area contributed by atoms with E-state index in [0.717, 1.165) is 33.0 Å². The van der Waals surface area contributed by atoms with Crippen molar-refractivity contribution in [1.29, 1.82) is 0 Å². The molecule has 1 aliphatic rings. The molecule has 1 atom stereocenters. The van der Waals surface area contributed by atoms with Gasteiger partial charge in [-0.3, -0.25) is 0 Å².